The van der Waals surface area contributed by atoms with Crippen molar-refractivity contribution in [3.63, 3.8) is 0 Å². The van der Waals surface area contributed by atoms with Crippen LogP contribution in [0.2, 0.25) is 0 Å². The SMILES string of the molecule is Cn1c(/C(C#N)=C/c2ccc(Br)s2)nc2ccccc21. The lowest BCUT2D eigenvalue weighted by molar-refractivity contribution is 0.925. The van der Waals surface area contributed by atoms with Gasteiger partial charge in [0.1, 0.15) is 6.07 Å². The molecule has 0 saturated carbocycles. The summed E-state index contributed by atoms with van der Waals surface area (Å²) in [6, 6.07) is 14.1. The number of hydrogen-bond donors (Lipinski definition) is 0. The Morgan fingerprint density at radius 2 is 2.15 bits per heavy atom. The summed E-state index contributed by atoms with van der Waals surface area (Å²) < 4.78 is 3.00. The van der Waals surface area contributed by atoms with Gasteiger partial charge in [0.2, 0.25) is 0 Å². The number of thiophene rings is 1. The van der Waals surface area contributed by atoms with Gasteiger partial charge in [-0.15, -0.1) is 11.3 Å². The zero-order chi connectivity index (χ0) is 14.1. The lowest BCUT2D eigenvalue weighted by atomic mass is 10.2. The second-order valence-corrected chi connectivity index (χ2v) is 6.79. The molecule has 0 saturated heterocycles. The molecule has 0 amide bonds. The maximum atomic E-state index is 9.42. The summed E-state index contributed by atoms with van der Waals surface area (Å²) in [5.74, 6) is 0.693. The Balaban J connectivity index is 2.15. The second-order valence-electron chi connectivity index (χ2n) is 4.29. The highest BCUT2D eigenvalue weighted by atomic mass is 79.9. The quantitative estimate of drug-likeness (QED) is 0.644. The number of aromatic nitrogens is 2. The molecule has 0 aliphatic heterocycles. The molecule has 0 fully saturated rings. The predicted octanol–water partition coefficient (Wildman–Crippen LogP) is 4.46. The molecule has 0 spiro atoms. The minimum absolute atomic E-state index is 0.568. The first-order chi connectivity index (χ1) is 9.69. The molecule has 3 aromatic rings. The topological polar surface area (TPSA) is 41.6 Å². The van der Waals surface area contributed by atoms with Crippen LogP contribution in [0.3, 0.4) is 0 Å². The number of halogens is 1. The number of benzene rings is 1. The van der Waals surface area contributed by atoms with Crippen LogP contribution in [0.15, 0.2) is 40.2 Å². The molecule has 2 aromatic heterocycles. The van der Waals surface area contributed by atoms with Crippen molar-refractivity contribution < 1.29 is 0 Å². The molecule has 2 heterocycles. The van der Waals surface area contributed by atoms with Crippen molar-refractivity contribution in [2.75, 3.05) is 0 Å². The number of aryl methyl sites for hydroxylation is 1. The van der Waals surface area contributed by atoms with Crippen LogP contribution in [0.4, 0.5) is 0 Å². The van der Waals surface area contributed by atoms with E-state index < -0.39 is 0 Å². The van der Waals surface area contributed by atoms with Gasteiger partial charge in [0.25, 0.3) is 0 Å². The van der Waals surface area contributed by atoms with E-state index in [9.17, 15) is 5.26 Å². The number of nitrogens with zero attached hydrogens (tertiary/aromatic N) is 3. The third-order valence-electron chi connectivity index (χ3n) is 3.03. The van der Waals surface area contributed by atoms with Gasteiger partial charge in [0.15, 0.2) is 5.82 Å². The maximum Gasteiger partial charge on any atom is 0.151 e. The van der Waals surface area contributed by atoms with Crippen LogP contribution in [-0.2, 0) is 7.05 Å². The van der Waals surface area contributed by atoms with Crippen molar-refractivity contribution in [3.05, 3.63) is 50.9 Å². The predicted molar refractivity (Wildman–Crippen MR) is 86.2 cm³/mol. The van der Waals surface area contributed by atoms with Crippen LogP contribution in [0.25, 0.3) is 22.7 Å². The fourth-order valence-corrected chi connectivity index (χ4v) is 3.45. The van der Waals surface area contributed by atoms with Gasteiger partial charge in [0.05, 0.1) is 20.4 Å². The van der Waals surface area contributed by atoms with Crippen LogP contribution in [0.1, 0.15) is 10.7 Å². The standard InChI is InChI=1S/C15H10BrN3S/c1-19-13-5-3-2-4-12(13)18-15(19)10(9-17)8-11-6-7-14(16)20-11/h2-8H,1H3/b10-8+. The monoisotopic (exact) mass is 343 g/mol. The number of imidazole rings is 1. The Morgan fingerprint density at radius 1 is 1.35 bits per heavy atom. The van der Waals surface area contributed by atoms with Crippen molar-refractivity contribution in [3.8, 4) is 6.07 Å². The van der Waals surface area contributed by atoms with E-state index in [4.69, 9.17) is 0 Å². The highest BCUT2D eigenvalue weighted by Crippen LogP contribution is 2.27. The third-order valence-corrected chi connectivity index (χ3v) is 4.60. The Morgan fingerprint density at radius 3 is 2.80 bits per heavy atom. The first-order valence-corrected chi connectivity index (χ1v) is 7.59. The molecule has 0 N–H and O–H groups in total. The van der Waals surface area contributed by atoms with E-state index in [1.54, 1.807) is 11.3 Å². The van der Waals surface area contributed by atoms with Gasteiger partial charge in [-0.05, 0) is 46.3 Å². The summed E-state index contributed by atoms with van der Waals surface area (Å²) in [5, 5.41) is 9.42. The van der Waals surface area contributed by atoms with Crippen molar-refractivity contribution in [1.29, 1.82) is 5.26 Å². The van der Waals surface area contributed by atoms with E-state index in [-0.39, 0.29) is 0 Å². The fourth-order valence-electron chi connectivity index (χ4n) is 2.08. The average molecular weight is 344 g/mol. The normalized spacial score (nSPS) is 11.8. The Bertz CT molecular complexity index is 852. The molecule has 98 valence electrons. The molecular formula is C15H10BrN3S. The van der Waals surface area contributed by atoms with Gasteiger partial charge in [-0.3, -0.25) is 0 Å². The molecule has 1 aromatic carbocycles. The highest BCUT2D eigenvalue weighted by Gasteiger charge is 2.12. The van der Waals surface area contributed by atoms with E-state index in [0.717, 1.165) is 19.7 Å². The van der Waals surface area contributed by atoms with Crippen molar-refractivity contribution in [2.45, 2.75) is 0 Å². The minimum Gasteiger partial charge on any atom is -0.327 e. The van der Waals surface area contributed by atoms with E-state index in [1.807, 2.05) is 54.1 Å². The first-order valence-electron chi connectivity index (χ1n) is 5.98. The zero-order valence-electron chi connectivity index (χ0n) is 10.7. The van der Waals surface area contributed by atoms with Crippen LogP contribution in [-0.4, -0.2) is 9.55 Å². The molecule has 0 aliphatic carbocycles. The molecule has 0 aliphatic rings. The van der Waals surface area contributed by atoms with Gasteiger partial charge in [0, 0.05) is 11.9 Å². The van der Waals surface area contributed by atoms with Gasteiger partial charge >= 0.3 is 0 Å². The first kappa shape index (κ1) is 13.1. The van der Waals surface area contributed by atoms with Crippen molar-refractivity contribution >= 4 is 49.9 Å². The van der Waals surface area contributed by atoms with Crippen molar-refractivity contribution in [1.82, 2.24) is 9.55 Å². The summed E-state index contributed by atoms with van der Waals surface area (Å²) in [7, 11) is 1.93. The van der Waals surface area contributed by atoms with Gasteiger partial charge < -0.3 is 4.57 Å². The summed E-state index contributed by atoms with van der Waals surface area (Å²) in [4.78, 5) is 5.58. The second kappa shape index (κ2) is 5.23. The number of fused-ring (bicyclic) bond motifs is 1. The summed E-state index contributed by atoms with van der Waals surface area (Å²) in [5.41, 5.74) is 2.49. The minimum atomic E-state index is 0.568. The number of para-hydroxylation sites is 2. The lowest BCUT2D eigenvalue weighted by Crippen LogP contribution is -1.95. The van der Waals surface area contributed by atoms with Gasteiger partial charge in [-0.25, -0.2) is 4.98 Å². The summed E-state index contributed by atoms with van der Waals surface area (Å²) in [6.45, 7) is 0. The molecule has 0 atom stereocenters. The van der Waals surface area contributed by atoms with Crippen LogP contribution in [0, 0.1) is 11.3 Å². The number of nitriles is 1. The highest BCUT2D eigenvalue weighted by molar-refractivity contribution is 9.11. The summed E-state index contributed by atoms with van der Waals surface area (Å²) in [6.07, 6.45) is 1.87. The Kier molecular flexibility index (Phi) is 3.43. The van der Waals surface area contributed by atoms with Gasteiger partial charge in [-0.1, -0.05) is 12.1 Å². The van der Waals surface area contributed by atoms with Crippen molar-refractivity contribution in [2.24, 2.45) is 7.05 Å². The van der Waals surface area contributed by atoms with E-state index >= 15 is 0 Å². The molecule has 0 bridgehead atoms. The molecular weight excluding hydrogens is 334 g/mol. The van der Waals surface area contributed by atoms with E-state index in [2.05, 4.69) is 27.0 Å². The van der Waals surface area contributed by atoms with E-state index in [0.29, 0.717) is 11.4 Å². The van der Waals surface area contributed by atoms with Gasteiger partial charge in [-0.2, -0.15) is 5.26 Å². The van der Waals surface area contributed by atoms with Crippen LogP contribution < -0.4 is 0 Å². The smallest absolute Gasteiger partial charge is 0.151 e. The molecule has 20 heavy (non-hydrogen) atoms. The number of rotatable bonds is 2. The van der Waals surface area contributed by atoms with E-state index in [1.165, 1.54) is 0 Å². The average Bonchev–Trinajstić information content (AvgIpc) is 3.01. The maximum absolute atomic E-state index is 9.42. The number of hydrogen-bond acceptors (Lipinski definition) is 3. The largest absolute Gasteiger partial charge is 0.327 e. The fraction of sp³-hybridized carbons (Fsp3) is 0.0667. The molecule has 0 unspecified atom stereocenters. The molecule has 3 rings (SSSR count). The summed E-state index contributed by atoms with van der Waals surface area (Å²) >= 11 is 5.02. The van der Waals surface area contributed by atoms with Crippen LogP contribution in [0.5, 0.6) is 0 Å². The zero-order valence-corrected chi connectivity index (χ0v) is 13.1. The Labute approximate surface area is 128 Å². The third kappa shape index (κ3) is 2.28. The Hall–Kier alpha value is -1.90. The number of allylic oxidation sites excluding steroid dienone is 1. The lowest BCUT2D eigenvalue weighted by Gasteiger charge is -1.99. The molecule has 0 radical (unpaired) electrons. The molecule has 3 nitrogen and oxygen atoms in total. The molecule has 5 heteroatoms. The van der Waals surface area contributed by atoms with Crippen LogP contribution >= 0.6 is 27.3 Å².